The fraction of sp³-hybridized carbons (Fsp3) is 0.692. The number of nitrogen functional groups attached to an aromatic ring is 1. The van der Waals surface area contributed by atoms with E-state index in [1.807, 2.05) is 20.8 Å². The Hall–Kier alpha value is -1.34. The van der Waals surface area contributed by atoms with Crippen LogP contribution in [0.1, 0.15) is 36.9 Å². The molecule has 0 aromatic carbocycles. The van der Waals surface area contributed by atoms with Crippen LogP contribution in [-0.2, 0) is 0 Å². The zero-order valence-electron chi connectivity index (χ0n) is 12.4. The van der Waals surface area contributed by atoms with Gasteiger partial charge in [0.1, 0.15) is 10.7 Å². The van der Waals surface area contributed by atoms with E-state index in [2.05, 4.69) is 9.88 Å². The predicted octanol–water partition coefficient (Wildman–Crippen LogP) is 1.42. The topological polar surface area (TPSA) is 82.7 Å². The van der Waals surface area contributed by atoms with Crippen LogP contribution in [0.5, 0.6) is 0 Å². The molecule has 3 N–H and O–H groups in total. The van der Waals surface area contributed by atoms with Gasteiger partial charge in [-0.1, -0.05) is 18.3 Å². The molecule has 0 aliphatic rings. The molecule has 1 aromatic heterocycles. The van der Waals surface area contributed by atoms with Gasteiger partial charge in [-0.15, -0.1) is 0 Å². The van der Waals surface area contributed by atoms with Gasteiger partial charge in [-0.3, -0.25) is 4.79 Å². The fourth-order valence-electron chi connectivity index (χ4n) is 1.95. The summed E-state index contributed by atoms with van der Waals surface area (Å²) in [6.45, 7) is 8.61. The lowest BCUT2D eigenvalue weighted by molar-refractivity contribution is 0.0727. The Morgan fingerprint density at radius 1 is 1.30 bits per heavy atom. The summed E-state index contributed by atoms with van der Waals surface area (Å²) in [7, 11) is 0. The molecule has 0 fully saturated rings. The average Bonchev–Trinajstić information content (AvgIpc) is 2.81. The Morgan fingerprint density at radius 2 is 1.95 bits per heavy atom. The number of aromatic nitrogens is 1. The summed E-state index contributed by atoms with van der Waals surface area (Å²) in [5.41, 5.74) is 5.88. The summed E-state index contributed by atoms with van der Waals surface area (Å²) in [5, 5.41) is 9.83. The molecule has 7 heteroatoms. The van der Waals surface area contributed by atoms with Crippen molar-refractivity contribution >= 4 is 28.2 Å². The highest BCUT2D eigenvalue weighted by molar-refractivity contribution is 7.18. The molecule has 6 nitrogen and oxygen atoms in total. The summed E-state index contributed by atoms with van der Waals surface area (Å²) < 4.78 is 0. The molecule has 0 aliphatic heterocycles. The van der Waals surface area contributed by atoms with Crippen LogP contribution in [0, 0.1) is 0 Å². The molecule has 0 aliphatic carbocycles. The highest BCUT2D eigenvalue weighted by Crippen LogP contribution is 2.29. The number of carbonyl (C=O) groups excluding carboxylic acids is 1. The molecule has 1 rings (SSSR count). The molecule has 0 atom stereocenters. The number of hydrogen-bond acceptors (Lipinski definition) is 6. The van der Waals surface area contributed by atoms with Gasteiger partial charge in [0.05, 0.1) is 6.61 Å². The number of amides is 1. The van der Waals surface area contributed by atoms with E-state index < -0.39 is 0 Å². The normalized spacial score (nSPS) is 10.6. The highest BCUT2D eigenvalue weighted by atomic mass is 32.1. The number of rotatable bonds is 8. The van der Waals surface area contributed by atoms with Crippen LogP contribution in [0.3, 0.4) is 0 Å². The number of anilines is 2. The number of nitrogens with two attached hydrogens (primary N) is 1. The zero-order chi connectivity index (χ0) is 15.1. The third-order valence-electron chi connectivity index (χ3n) is 3.02. The molecular weight excluding hydrogens is 276 g/mol. The van der Waals surface area contributed by atoms with Crippen LogP contribution in [0.15, 0.2) is 0 Å². The third kappa shape index (κ3) is 3.83. The van der Waals surface area contributed by atoms with E-state index in [9.17, 15) is 4.79 Å². The van der Waals surface area contributed by atoms with Crippen molar-refractivity contribution in [1.29, 1.82) is 0 Å². The lowest BCUT2D eigenvalue weighted by Crippen LogP contribution is -2.34. The number of nitrogens with zero attached hydrogens (tertiary/aromatic N) is 3. The van der Waals surface area contributed by atoms with Gasteiger partial charge in [-0.25, -0.2) is 4.98 Å². The van der Waals surface area contributed by atoms with Crippen molar-refractivity contribution in [1.82, 2.24) is 9.88 Å². The first kappa shape index (κ1) is 16.7. The largest absolute Gasteiger partial charge is 0.395 e. The standard InChI is InChI=1S/C13H24N4O2S/c1-4-7-17(8-9-18)12(19)10-11(14)15-13(20-10)16(5-2)6-3/h18H,4-9,14H2,1-3H3. The molecule has 0 radical (unpaired) electrons. The van der Waals surface area contributed by atoms with E-state index in [4.69, 9.17) is 10.8 Å². The van der Waals surface area contributed by atoms with Crippen molar-refractivity contribution in [2.45, 2.75) is 27.2 Å². The van der Waals surface area contributed by atoms with E-state index in [1.165, 1.54) is 11.3 Å². The Kier molecular flexibility index (Phi) is 6.74. The number of carbonyl (C=O) groups is 1. The lowest BCUT2D eigenvalue weighted by atomic mass is 10.3. The Morgan fingerprint density at radius 3 is 2.45 bits per heavy atom. The van der Waals surface area contributed by atoms with Gasteiger partial charge in [0.2, 0.25) is 0 Å². The minimum absolute atomic E-state index is 0.0483. The minimum atomic E-state index is -0.144. The van der Waals surface area contributed by atoms with Gasteiger partial charge in [0.15, 0.2) is 5.13 Å². The first-order chi connectivity index (χ1) is 9.58. The number of aliphatic hydroxyl groups excluding tert-OH is 1. The molecule has 0 spiro atoms. The van der Waals surface area contributed by atoms with E-state index in [-0.39, 0.29) is 18.3 Å². The molecule has 0 saturated heterocycles. The molecule has 0 saturated carbocycles. The maximum Gasteiger partial charge on any atom is 0.267 e. The van der Waals surface area contributed by atoms with Crippen LogP contribution >= 0.6 is 11.3 Å². The molecule has 20 heavy (non-hydrogen) atoms. The van der Waals surface area contributed by atoms with E-state index in [1.54, 1.807) is 4.90 Å². The monoisotopic (exact) mass is 300 g/mol. The van der Waals surface area contributed by atoms with Gasteiger partial charge in [-0.05, 0) is 20.3 Å². The van der Waals surface area contributed by atoms with Crippen LogP contribution in [0.2, 0.25) is 0 Å². The number of hydrogen-bond donors (Lipinski definition) is 2. The summed E-state index contributed by atoms with van der Waals surface area (Å²) in [6.07, 6.45) is 0.841. The van der Waals surface area contributed by atoms with Gasteiger partial charge in [0, 0.05) is 26.2 Å². The second-order valence-electron chi connectivity index (χ2n) is 4.40. The van der Waals surface area contributed by atoms with Crippen LogP contribution in [0.25, 0.3) is 0 Å². The Labute approximate surface area is 124 Å². The molecule has 0 bridgehead atoms. The molecular formula is C13H24N4O2S. The van der Waals surface area contributed by atoms with Gasteiger partial charge in [-0.2, -0.15) is 0 Å². The van der Waals surface area contributed by atoms with Gasteiger partial charge in [0.25, 0.3) is 5.91 Å². The second-order valence-corrected chi connectivity index (χ2v) is 5.38. The first-order valence-electron chi connectivity index (χ1n) is 7.00. The maximum atomic E-state index is 12.4. The fourth-order valence-corrected chi connectivity index (χ4v) is 3.03. The quantitative estimate of drug-likeness (QED) is 0.758. The number of aliphatic hydroxyl groups is 1. The minimum Gasteiger partial charge on any atom is -0.395 e. The molecule has 1 heterocycles. The smallest absolute Gasteiger partial charge is 0.267 e. The third-order valence-corrected chi connectivity index (χ3v) is 4.14. The van der Waals surface area contributed by atoms with Crippen LogP contribution in [0.4, 0.5) is 10.9 Å². The van der Waals surface area contributed by atoms with Gasteiger partial charge < -0.3 is 20.6 Å². The van der Waals surface area contributed by atoms with Crippen molar-refractivity contribution in [3.63, 3.8) is 0 Å². The summed E-state index contributed by atoms with van der Waals surface area (Å²) in [6, 6.07) is 0. The molecule has 0 unspecified atom stereocenters. The van der Waals surface area contributed by atoms with Crippen LogP contribution < -0.4 is 10.6 Å². The Balaban J connectivity index is 2.97. The molecule has 1 aromatic rings. The van der Waals surface area contributed by atoms with Crippen molar-refractivity contribution in [2.24, 2.45) is 0 Å². The average molecular weight is 300 g/mol. The van der Waals surface area contributed by atoms with E-state index >= 15 is 0 Å². The maximum absolute atomic E-state index is 12.4. The molecule has 114 valence electrons. The number of thiazole rings is 1. The van der Waals surface area contributed by atoms with Crippen molar-refractivity contribution in [2.75, 3.05) is 43.4 Å². The first-order valence-corrected chi connectivity index (χ1v) is 7.81. The van der Waals surface area contributed by atoms with Crippen molar-refractivity contribution in [3.8, 4) is 0 Å². The summed E-state index contributed by atoms with van der Waals surface area (Å²) >= 11 is 1.32. The highest BCUT2D eigenvalue weighted by Gasteiger charge is 2.22. The lowest BCUT2D eigenvalue weighted by Gasteiger charge is -2.20. The summed E-state index contributed by atoms with van der Waals surface area (Å²) in [4.78, 5) is 20.9. The predicted molar refractivity (Wildman–Crippen MR) is 83.4 cm³/mol. The molecule has 1 amide bonds. The second kappa shape index (κ2) is 8.06. The Bertz CT molecular complexity index is 426. The van der Waals surface area contributed by atoms with Gasteiger partial charge >= 0.3 is 0 Å². The summed E-state index contributed by atoms with van der Waals surface area (Å²) in [5.74, 6) is 0.134. The van der Waals surface area contributed by atoms with Crippen molar-refractivity contribution in [3.05, 3.63) is 4.88 Å². The van der Waals surface area contributed by atoms with Crippen LogP contribution in [-0.4, -0.2) is 53.7 Å². The van der Waals surface area contributed by atoms with E-state index in [0.29, 0.717) is 18.0 Å². The SMILES string of the molecule is CCCN(CCO)C(=O)c1sc(N(CC)CC)nc1N. The zero-order valence-corrected chi connectivity index (χ0v) is 13.2. The van der Waals surface area contributed by atoms with E-state index in [0.717, 1.165) is 24.6 Å². The van der Waals surface area contributed by atoms with Crippen molar-refractivity contribution < 1.29 is 9.90 Å².